The van der Waals surface area contributed by atoms with E-state index in [1.807, 2.05) is 6.92 Å². The molecule has 98 valence electrons. The quantitative estimate of drug-likeness (QED) is 0.727. The summed E-state index contributed by atoms with van der Waals surface area (Å²) in [6, 6.07) is 0.0510. The van der Waals surface area contributed by atoms with Crippen molar-refractivity contribution in [3.8, 4) is 0 Å². The third-order valence-electron chi connectivity index (χ3n) is 2.56. The van der Waals surface area contributed by atoms with Crippen LogP contribution in [0.2, 0.25) is 0 Å². The van der Waals surface area contributed by atoms with Crippen LogP contribution in [0.1, 0.15) is 20.3 Å². The predicted molar refractivity (Wildman–Crippen MR) is 65.1 cm³/mol. The smallest absolute Gasteiger partial charge is 0.326 e. The van der Waals surface area contributed by atoms with Crippen molar-refractivity contribution in [1.82, 2.24) is 15.3 Å². The molecule has 1 heterocycles. The van der Waals surface area contributed by atoms with Crippen LogP contribution >= 0.6 is 0 Å². The summed E-state index contributed by atoms with van der Waals surface area (Å²) in [5, 5.41) is 13.8. The topological polar surface area (TPSA) is 104 Å². The second-order valence-corrected chi connectivity index (χ2v) is 3.87. The molecule has 0 spiro atoms. The molecule has 7 heteroatoms. The van der Waals surface area contributed by atoms with Gasteiger partial charge in [0, 0.05) is 12.4 Å². The van der Waals surface area contributed by atoms with E-state index in [1.165, 1.54) is 12.4 Å². The number of carbonyl (C=O) groups is 2. The van der Waals surface area contributed by atoms with Crippen molar-refractivity contribution in [2.24, 2.45) is 5.92 Å². The maximum Gasteiger partial charge on any atom is 0.326 e. The second-order valence-electron chi connectivity index (χ2n) is 3.87. The van der Waals surface area contributed by atoms with Crippen LogP contribution in [0.3, 0.4) is 0 Å². The van der Waals surface area contributed by atoms with E-state index in [0.717, 1.165) is 0 Å². The van der Waals surface area contributed by atoms with Crippen molar-refractivity contribution >= 4 is 17.9 Å². The molecular weight excluding hydrogens is 236 g/mol. The first-order chi connectivity index (χ1) is 8.54. The predicted octanol–water partition coefficient (Wildman–Crippen LogP) is 1.10. The molecule has 0 bridgehead atoms. The lowest BCUT2D eigenvalue weighted by Crippen LogP contribution is -2.46. The Hall–Kier alpha value is -2.18. The standard InChI is InChI=1S/C11H16N4O3/c1-3-7(2)8(9(16)17)14-11(18)15-10-12-5-4-6-13-10/h4-8H,3H2,1-2H3,(H,16,17)(H2,12,13,14,15,18)/t7?,8-/m0/s1. The Morgan fingerprint density at radius 1 is 1.39 bits per heavy atom. The van der Waals surface area contributed by atoms with Crippen LogP contribution in [-0.4, -0.2) is 33.1 Å². The molecule has 0 saturated heterocycles. The number of carboxylic acids is 1. The fourth-order valence-corrected chi connectivity index (χ4v) is 1.33. The van der Waals surface area contributed by atoms with Crippen molar-refractivity contribution in [3.05, 3.63) is 18.5 Å². The van der Waals surface area contributed by atoms with Crippen molar-refractivity contribution in [3.63, 3.8) is 0 Å². The van der Waals surface area contributed by atoms with Crippen LogP contribution in [0.5, 0.6) is 0 Å². The van der Waals surface area contributed by atoms with Crippen LogP contribution in [0, 0.1) is 5.92 Å². The van der Waals surface area contributed by atoms with Crippen LogP contribution in [-0.2, 0) is 4.79 Å². The lowest BCUT2D eigenvalue weighted by Gasteiger charge is -2.19. The highest BCUT2D eigenvalue weighted by atomic mass is 16.4. The molecule has 0 aliphatic rings. The van der Waals surface area contributed by atoms with Crippen molar-refractivity contribution < 1.29 is 14.7 Å². The molecule has 1 aromatic heterocycles. The lowest BCUT2D eigenvalue weighted by atomic mass is 10.00. The molecule has 2 atom stereocenters. The van der Waals surface area contributed by atoms with Gasteiger partial charge >= 0.3 is 12.0 Å². The van der Waals surface area contributed by atoms with E-state index in [-0.39, 0.29) is 11.9 Å². The fourth-order valence-electron chi connectivity index (χ4n) is 1.33. The molecule has 0 aliphatic heterocycles. The molecule has 0 fully saturated rings. The summed E-state index contributed by atoms with van der Waals surface area (Å²) < 4.78 is 0. The van der Waals surface area contributed by atoms with Gasteiger partial charge in [-0.15, -0.1) is 0 Å². The molecule has 0 aromatic carbocycles. The average molecular weight is 252 g/mol. The lowest BCUT2D eigenvalue weighted by molar-refractivity contribution is -0.140. The van der Waals surface area contributed by atoms with E-state index in [4.69, 9.17) is 5.11 Å². The molecule has 18 heavy (non-hydrogen) atoms. The number of hydrogen-bond donors (Lipinski definition) is 3. The zero-order chi connectivity index (χ0) is 13.5. The highest BCUT2D eigenvalue weighted by Crippen LogP contribution is 2.08. The van der Waals surface area contributed by atoms with Crippen molar-refractivity contribution in [2.45, 2.75) is 26.3 Å². The summed E-state index contributed by atoms with van der Waals surface area (Å²) in [5.74, 6) is -1.10. The number of amides is 2. The highest BCUT2D eigenvalue weighted by Gasteiger charge is 2.25. The average Bonchev–Trinajstić information content (AvgIpc) is 2.36. The Kier molecular flexibility index (Phi) is 5.04. The van der Waals surface area contributed by atoms with Gasteiger partial charge in [-0.3, -0.25) is 5.32 Å². The zero-order valence-electron chi connectivity index (χ0n) is 10.3. The first-order valence-corrected chi connectivity index (χ1v) is 5.62. The monoisotopic (exact) mass is 252 g/mol. The fraction of sp³-hybridized carbons (Fsp3) is 0.455. The molecule has 7 nitrogen and oxygen atoms in total. The van der Waals surface area contributed by atoms with E-state index in [9.17, 15) is 9.59 Å². The van der Waals surface area contributed by atoms with Gasteiger partial charge in [0.1, 0.15) is 6.04 Å². The van der Waals surface area contributed by atoms with Crippen LogP contribution in [0.4, 0.5) is 10.7 Å². The van der Waals surface area contributed by atoms with E-state index >= 15 is 0 Å². The van der Waals surface area contributed by atoms with Gasteiger partial charge in [-0.05, 0) is 12.0 Å². The van der Waals surface area contributed by atoms with Gasteiger partial charge in [-0.2, -0.15) is 0 Å². The number of anilines is 1. The van der Waals surface area contributed by atoms with Crippen molar-refractivity contribution in [2.75, 3.05) is 5.32 Å². The Balaban J connectivity index is 2.60. The zero-order valence-corrected chi connectivity index (χ0v) is 10.3. The molecule has 2 amide bonds. The van der Waals surface area contributed by atoms with E-state index < -0.39 is 18.0 Å². The van der Waals surface area contributed by atoms with Crippen molar-refractivity contribution in [1.29, 1.82) is 0 Å². The third kappa shape index (κ3) is 4.00. The molecule has 0 saturated carbocycles. The molecule has 0 aliphatic carbocycles. The maximum atomic E-state index is 11.6. The van der Waals surface area contributed by atoms with Gasteiger partial charge in [0.2, 0.25) is 5.95 Å². The van der Waals surface area contributed by atoms with Gasteiger partial charge in [-0.25, -0.2) is 19.6 Å². The summed E-state index contributed by atoms with van der Waals surface area (Å²) in [5.41, 5.74) is 0. The molecule has 1 aromatic rings. The number of hydrogen-bond acceptors (Lipinski definition) is 4. The number of aliphatic carboxylic acids is 1. The van der Waals surface area contributed by atoms with Gasteiger partial charge < -0.3 is 10.4 Å². The summed E-state index contributed by atoms with van der Waals surface area (Å²) in [6.07, 6.45) is 3.61. The van der Waals surface area contributed by atoms with Crippen LogP contribution in [0.25, 0.3) is 0 Å². The van der Waals surface area contributed by atoms with Crippen LogP contribution < -0.4 is 10.6 Å². The summed E-state index contributed by atoms with van der Waals surface area (Å²) in [6.45, 7) is 3.62. The Morgan fingerprint density at radius 3 is 2.50 bits per heavy atom. The number of urea groups is 1. The SMILES string of the molecule is CCC(C)[C@H](NC(=O)Nc1ncccn1)C(=O)O. The minimum Gasteiger partial charge on any atom is -0.480 e. The molecular formula is C11H16N4O3. The Morgan fingerprint density at radius 2 is 2.00 bits per heavy atom. The summed E-state index contributed by atoms with van der Waals surface area (Å²) >= 11 is 0. The van der Waals surface area contributed by atoms with Gasteiger partial charge in [-0.1, -0.05) is 20.3 Å². The summed E-state index contributed by atoms with van der Waals surface area (Å²) in [4.78, 5) is 30.2. The van der Waals surface area contributed by atoms with Gasteiger partial charge in [0.25, 0.3) is 0 Å². The largest absolute Gasteiger partial charge is 0.480 e. The molecule has 1 unspecified atom stereocenters. The summed E-state index contributed by atoms with van der Waals surface area (Å²) in [7, 11) is 0. The minimum atomic E-state index is -1.06. The number of rotatable bonds is 5. The van der Waals surface area contributed by atoms with E-state index in [2.05, 4.69) is 20.6 Å². The second kappa shape index (κ2) is 6.53. The minimum absolute atomic E-state index is 0.128. The Bertz CT molecular complexity index is 410. The van der Waals surface area contributed by atoms with Gasteiger partial charge in [0.15, 0.2) is 0 Å². The first kappa shape index (κ1) is 13.9. The first-order valence-electron chi connectivity index (χ1n) is 5.62. The van der Waals surface area contributed by atoms with Crippen LogP contribution in [0.15, 0.2) is 18.5 Å². The van der Waals surface area contributed by atoms with E-state index in [0.29, 0.717) is 6.42 Å². The highest BCUT2D eigenvalue weighted by molar-refractivity contribution is 5.90. The normalized spacial score (nSPS) is 13.4. The number of carboxylic acid groups (broad SMARTS) is 1. The number of nitrogens with one attached hydrogen (secondary N) is 2. The van der Waals surface area contributed by atoms with E-state index in [1.54, 1.807) is 13.0 Å². The third-order valence-corrected chi connectivity index (χ3v) is 2.56. The molecule has 0 radical (unpaired) electrons. The maximum absolute atomic E-state index is 11.6. The van der Waals surface area contributed by atoms with Gasteiger partial charge in [0.05, 0.1) is 0 Å². The number of nitrogens with zero attached hydrogens (tertiary/aromatic N) is 2. The molecule has 3 N–H and O–H groups in total. The number of carbonyl (C=O) groups excluding carboxylic acids is 1. The Labute approximate surface area is 105 Å². The number of aromatic nitrogens is 2. The molecule has 1 rings (SSSR count).